The minimum Gasteiger partial charge on any atom is -0.349 e. The van der Waals surface area contributed by atoms with E-state index in [4.69, 9.17) is 34.8 Å². The van der Waals surface area contributed by atoms with E-state index in [1.807, 2.05) is 5.32 Å². The van der Waals surface area contributed by atoms with E-state index in [0.29, 0.717) is 5.56 Å². The van der Waals surface area contributed by atoms with Crippen molar-refractivity contribution in [3.63, 3.8) is 0 Å². The van der Waals surface area contributed by atoms with Crippen LogP contribution >= 0.6 is 34.8 Å². The number of hydrogen-bond donors (Lipinski definition) is 2. The zero-order valence-corrected chi connectivity index (χ0v) is 17.2. The molecule has 160 valence electrons. The van der Waals surface area contributed by atoms with Gasteiger partial charge in [-0.15, -0.1) is 23.2 Å². The van der Waals surface area contributed by atoms with Gasteiger partial charge >= 0.3 is 0 Å². The number of carbonyl (C=O) groups is 2. The second-order valence-electron chi connectivity index (χ2n) is 6.52. The van der Waals surface area contributed by atoms with Crippen LogP contribution in [0.4, 0.5) is 23.2 Å². The van der Waals surface area contributed by atoms with Crippen LogP contribution in [0.5, 0.6) is 0 Å². The van der Waals surface area contributed by atoms with E-state index in [1.165, 1.54) is 12.1 Å². The van der Waals surface area contributed by atoms with Crippen molar-refractivity contribution < 1.29 is 27.2 Å². The van der Waals surface area contributed by atoms with Crippen molar-refractivity contribution in [2.45, 2.75) is 10.3 Å². The second kappa shape index (κ2) is 8.61. The number of amides is 2. The summed E-state index contributed by atoms with van der Waals surface area (Å²) < 4.78 is 52.5. The molecule has 0 aliphatic heterocycles. The fraction of sp³-hybridized carbons (Fsp3) is 0.263. The number of benzene rings is 2. The van der Waals surface area contributed by atoms with Crippen LogP contribution in [-0.4, -0.2) is 29.4 Å². The molecule has 1 aliphatic rings. The lowest BCUT2D eigenvalue weighted by Gasteiger charge is -2.11. The first-order valence-electron chi connectivity index (χ1n) is 8.55. The number of carbonyl (C=O) groups excluding carboxylic acids is 2. The Bertz CT molecular complexity index is 1020. The van der Waals surface area contributed by atoms with Crippen LogP contribution in [0.25, 0.3) is 0 Å². The normalized spacial score (nSPS) is 19.3. The Labute approximate surface area is 183 Å². The molecule has 0 aromatic heterocycles. The Morgan fingerprint density at radius 3 is 2.37 bits per heavy atom. The fourth-order valence-electron chi connectivity index (χ4n) is 3.09. The van der Waals surface area contributed by atoms with Gasteiger partial charge in [0.15, 0.2) is 5.82 Å². The van der Waals surface area contributed by atoms with Gasteiger partial charge in [-0.05, 0) is 29.8 Å². The first-order valence-corrected chi connectivity index (χ1v) is 9.68. The summed E-state index contributed by atoms with van der Waals surface area (Å²) in [6.45, 7) is -1.35. The lowest BCUT2D eigenvalue weighted by molar-refractivity contribution is -0.117. The molecule has 0 bridgehead atoms. The van der Waals surface area contributed by atoms with E-state index in [1.54, 1.807) is 0 Å². The molecule has 2 atom stereocenters. The topological polar surface area (TPSA) is 58.2 Å². The summed E-state index contributed by atoms with van der Waals surface area (Å²) in [5, 5.41) is 4.04. The molecule has 1 saturated carbocycles. The van der Waals surface area contributed by atoms with Crippen molar-refractivity contribution in [1.82, 2.24) is 5.32 Å². The van der Waals surface area contributed by atoms with E-state index in [0.717, 1.165) is 18.2 Å². The molecule has 0 unspecified atom stereocenters. The number of anilines is 1. The summed E-state index contributed by atoms with van der Waals surface area (Å²) in [6, 6.07) is 5.44. The molecule has 2 aromatic carbocycles. The quantitative estimate of drug-likeness (QED) is 0.450. The molecule has 0 saturated heterocycles. The predicted molar refractivity (Wildman–Crippen MR) is 105 cm³/mol. The molecule has 1 aliphatic carbocycles. The number of nitrogens with one attached hydrogen (secondary N) is 2. The Hall–Kier alpha value is -2.03. The fourth-order valence-corrected chi connectivity index (χ4v) is 4.11. The Kier molecular flexibility index (Phi) is 6.50. The largest absolute Gasteiger partial charge is 0.349 e. The van der Waals surface area contributed by atoms with Gasteiger partial charge in [-0.1, -0.05) is 17.7 Å². The molecule has 2 aromatic rings. The Morgan fingerprint density at radius 1 is 1.07 bits per heavy atom. The van der Waals surface area contributed by atoms with E-state index >= 15 is 0 Å². The van der Waals surface area contributed by atoms with E-state index in [2.05, 4.69) is 5.32 Å². The maximum atomic E-state index is 14.6. The highest BCUT2D eigenvalue weighted by Gasteiger charge is 2.67. The Morgan fingerprint density at radius 2 is 1.73 bits per heavy atom. The minimum atomic E-state index is -1.57. The molecular formula is C19H13Cl3F4N2O2. The highest BCUT2D eigenvalue weighted by Crippen LogP contribution is 2.65. The maximum Gasteiger partial charge on any atom is 0.257 e. The average molecular weight is 484 g/mol. The smallest absolute Gasteiger partial charge is 0.257 e. The summed E-state index contributed by atoms with van der Waals surface area (Å²) in [6.07, 6.45) is 0. The van der Waals surface area contributed by atoms with E-state index in [-0.39, 0.29) is 5.02 Å². The summed E-state index contributed by atoms with van der Waals surface area (Å²) >= 11 is 18.1. The minimum absolute atomic E-state index is 0.184. The average Bonchev–Trinajstić information content (AvgIpc) is 3.26. The molecule has 11 heteroatoms. The van der Waals surface area contributed by atoms with Crippen molar-refractivity contribution in [2.75, 3.05) is 18.5 Å². The van der Waals surface area contributed by atoms with Crippen LogP contribution in [-0.2, 0) is 4.79 Å². The molecule has 1 fully saturated rings. The van der Waals surface area contributed by atoms with Gasteiger partial charge in [0.2, 0.25) is 5.91 Å². The van der Waals surface area contributed by atoms with Gasteiger partial charge in [0.25, 0.3) is 5.91 Å². The lowest BCUT2D eigenvalue weighted by Crippen LogP contribution is -2.28. The van der Waals surface area contributed by atoms with Gasteiger partial charge in [0.1, 0.15) is 28.2 Å². The summed E-state index contributed by atoms with van der Waals surface area (Å²) in [5.41, 5.74) is -1.06. The van der Waals surface area contributed by atoms with Gasteiger partial charge in [-0.25, -0.2) is 17.6 Å². The van der Waals surface area contributed by atoms with Crippen molar-refractivity contribution >= 4 is 52.3 Å². The number of halogens is 7. The molecule has 0 spiro atoms. The zero-order valence-electron chi connectivity index (χ0n) is 14.9. The number of alkyl halides is 3. The van der Waals surface area contributed by atoms with Crippen molar-refractivity contribution in [2.24, 2.45) is 5.92 Å². The monoisotopic (exact) mass is 482 g/mol. The number of hydrogen-bond acceptors (Lipinski definition) is 2. The van der Waals surface area contributed by atoms with Crippen LogP contribution in [0.2, 0.25) is 5.02 Å². The van der Waals surface area contributed by atoms with Crippen LogP contribution < -0.4 is 10.6 Å². The predicted octanol–water partition coefficient (Wildman–Crippen LogP) is 4.98. The molecule has 30 heavy (non-hydrogen) atoms. The highest BCUT2D eigenvalue weighted by molar-refractivity contribution is 6.53. The molecule has 2 N–H and O–H groups in total. The second-order valence-corrected chi connectivity index (χ2v) is 8.37. The van der Waals surface area contributed by atoms with Gasteiger partial charge in [-0.2, -0.15) is 0 Å². The van der Waals surface area contributed by atoms with Crippen LogP contribution in [0.3, 0.4) is 0 Å². The summed E-state index contributed by atoms with van der Waals surface area (Å²) in [7, 11) is 0. The third kappa shape index (κ3) is 4.22. The van der Waals surface area contributed by atoms with Crippen molar-refractivity contribution in [3.05, 3.63) is 63.9 Å². The lowest BCUT2D eigenvalue weighted by atomic mass is 10.1. The van der Waals surface area contributed by atoms with Crippen LogP contribution in [0, 0.1) is 23.4 Å². The van der Waals surface area contributed by atoms with Gasteiger partial charge in [0.05, 0.1) is 16.6 Å². The molecular weight excluding hydrogens is 471 g/mol. The molecule has 0 radical (unpaired) electrons. The van der Waals surface area contributed by atoms with E-state index < -0.39 is 69.9 Å². The summed E-state index contributed by atoms with van der Waals surface area (Å²) in [4.78, 5) is 24.5. The van der Waals surface area contributed by atoms with Crippen LogP contribution in [0.15, 0.2) is 30.3 Å². The standard InChI is InChI=1S/C19H13Cl3F4N2O2/c20-9-7-8(1-2-10(9)24)14-15(19(14,21)22)18(30)28-12-4-3-11(25)13(16(12)26)17(29)27-6-5-23/h1-4,7,14-15H,5-6H2,(H,27,29)(H,28,30)/t14-,15+/m0/s1. The van der Waals surface area contributed by atoms with Crippen molar-refractivity contribution in [1.29, 1.82) is 0 Å². The Balaban J connectivity index is 1.82. The molecule has 3 rings (SSSR count). The number of rotatable bonds is 6. The molecule has 0 heterocycles. The molecule has 4 nitrogen and oxygen atoms in total. The first-order chi connectivity index (χ1) is 14.1. The van der Waals surface area contributed by atoms with Crippen LogP contribution in [0.1, 0.15) is 21.8 Å². The summed E-state index contributed by atoms with van der Waals surface area (Å²) in [5.74, 6) is -6.96. The highest BCUT2D eigenvalue weighted by atomic mass is 35.5. The maximum absolute atomic E-state index is 14.6. The third-order valence-electron chi connectivity index (χ3n) is 4.59. The third-order valence-corrected chi connectivity index (χ3v) is 5.82. The molecule has 2 amide bonds. The zero-order chi connectivity index (χ0) is 22.2. The SMILES string of the molecule is O=C(NCCF)c1c(F)ccc(NC(=O)[C@H]2[C@H](c3ccc(F)c(Cl)c3)C2(Cl)Cl)c1F. The first kappa shape index (κ1) is 22.7. The van der Waals surface area contributed by atoms with Crippen molar-refractivity contribution in [3.8, 4) is 0 Å². The van der Waals surface area contributed by atoms with Gasteiger partial charge < -0.3 is 10.6 Å². The van der Waals surface area contributed by atoms with E-state index in [9.17, 15) is 27.2 Å². The van der Waals surface area contributed by atoms with Gasteiger partial charge in [-0.3, -0.25) is 9.59 Å². The van der Waals surface area contributed by atoms with Gasteiger partial charge in [0, 0.05) is 12.5 Å².